The molecule has 4 aliphatic carbocycles. The number of aliphatic hydroxyl groups excluding tert-OH is 1. The van der Waals surface area contributed by atoms with Crippen LogP contribution in [0.25, 0.3) is 0 Å². The number of carbonyl (C=O) groups excluding carboxylic acids is 5. The molecule has 0 radical (unpaired) electrons. The van der Waals surface area contributed by atoms with Crippen molar-refractivity contribution in [3.63, 3.8) is 0 Å². The Hall–Kier alpha value is -3.81. The van der Waals surface area contributed by atoms with E-state index in [1.165, 1.54) is 16.7 Å². The molecule has 3 amide bonds. The number of carbonyl (C=O) groups is 5. The second kappa shape index (κ2) is 13.8. The molecule has 13 heteroatoms. The van der Waals surface area contributed by atoms with E-state index in [1.54, 1.807) is 39.2 Å². The van der Waals surface area contributed by atoms with E-state index in [4.69, 9.17) is 15.9 Å². The lowest BCUT2D eigenvalue weighted by Gasteiger charge is -2.60. The minimum absolute atomic E-state index is 0.0215. The number of hydrogen-bond acceptors (Lipinski definition) is 9. The van der Waals surface area contributed by atoms with E-state index in [2.05, 4.69) is 18.3 Å². The summed E-state index contributed by atoms with van der Waals surface area (Å²) < 4.78 is 6.09. The van der Waals surface area contributed by atoms with Gasteiger partial charge >= 0.3 is 5.97 Å². The van der Waals surface area contributed by atoms with Crippen LogP contribution < -0.4 is 16.4 Å². The second-order valence-electron chi connectivity index (χ2n) is 14.6. The average Bonchev–Trinajstić information content (AvgIpc) is 3.34. The zero-order chi connectivity index (χ0) is 35.9. The molecule has 3 saturated carbocycles. The van der Waals surface area contributed by atoms with Gasteiger partial charge < -0.3 is 31.2 Å². The molecule has 264 valence electrons. The first-order valence-electron chi connectivity index (χ1n) is 16.9. The Bertz CT molecular complexity index is 1640. The summed E-state index contributed by atoms with van der Waals surface area (Å²) >= 11 is 0.573. The SMILES string of the molecule is CCC(=O)O[C@]1(C(=O)SC(=O)N(C)C)CCC2[C@@H]3CCC4=CC([NH2+]c5cccc(C(=O)NCC(N)=O)c5)=C(C=N)C[C@]4(C)C3[C@@H](O)C[C@@]21C. The molecule has 7 atom stereocenters. The van der Waals surface area contributed by atoms with Gasteiger partial charge in [0.2, 0.25) is 11.0 Å². The van der Waals surface area contributed by atoms with Crippen LogP contribution in [0, 0.1) is 34.0 Å². The first kappa shape index (κ1) is 36.5. The molecule has 0 aliphatic heterocycles. The van der Waals surface area contributed by atoms with Crippen LogP contribution in [0.2, 0.25) is 0 Å². The van der Waals surface area contributed by atoms with Crippen molar-refractivity contribution < 1.29 is 39.1 Å². The zero-order valence-electron chi connectivity index (χ0n) is 28.8. The van der Waals surface area contributed by atoms with E-state index in [0.29, 0.717) is 36.6 Å². The maximum absolute atomic E-state index is 14.0. The van der Waals surface area contributed by atoms with Crippen LogP contribution in [0.4, 0.5) is 10.5 Å². The third-order valence-corrected chi connectivity index (χ3v) is 12.6. The fourth-order valence-corrected chi connectivity index (χ4v) is 10.1. The number of benzene rings is 1. The van der Waals surface area contributed by atoms with E-state index < -0.39 is 50.7 Å². The van der Waals surface area contributed by atoms with Crippen LogP contribution in [0.15, 0.2) is 47.2 Å². The van der Waals surface area contributed by atoms with Crippen molar-refractivity contribution in [2.75, 3.05) is 20.6 Å². The van der Waals surface area contributed by atoms with Gasteiger partial charge in [-0.05, 0) is 79.9 Å². The number of allylic oxidation sites excluding steroid dienone is 3. The number of rotatable bonds is 9. The van der Waals surface area contributed by atoms with Crippen LogP contribution >= 0.6 is 11.8 Å². The van der Waals surface area contributed by atoms with E-state index >= 15 is 0 Å². The molecule has 1 aromatic carbocycles. The molecular formula is C36H48N5O7S+. The van der Waals surface area contributed by atoms with Gasteiger partial charge in [0.1, 0.15) is 11.4 Å². The fraction of sp³-hybridized carbons (Fsp3) is 0.556. The largest absolute Gasteiger partial charge is 0.449 e. The smallest absolute Gasteiger partial charge is 0.306 e. The second-order valence-corrected chi connectivity index (χ2v) is 15.5. The van der Waals surface area contributed by atoms with Gasteiger partial charge in [-0.15, -0.1) is 0 Å². The number of aliphatic hydroxyl groups is 1. The van der Waals surface area contributed by atoms with Crippen molar-refractivity contribution in [3.05, 3.63) is 52.7 Å². The summed E-state index contributed by atoms with van der Waals surface area (Å²) in [4.78, 5) is 64.5. The maximum Gasteiger partial charge on any atom is 0.306 e. The number of thioether (sulfide) groups is 1. The number of ether oxygens (including phenoxy) is 1. The Morgan fingerprint density at radius 1 is 1.20 bits per heavy atom. The number of nitrogens with zero attached hydrogens (tertiary/aromatic N) is 1. The van der Waals surface area contributed by atoms with Crippen molar-refractivity contribution in [2.24, 2.45) is 34.3 Å². The van der Waals surface area contributed by atoms with Crippen molar-refractivity contribution in [3.8, 4) is 0 Å². The number of nitrogens with one attached hydrogen (secondary N) is 2. The normalized spacial score (nSPS) is 31.8. The maximum atomic E-state index is 14.0. The molecule has 7 N–H and O–H groups in total. The van der Waals surface area contributed by atoms with Crippen LogP contribution in [0.5, 0.6) is 0 Å². The van der Waals surface area contributed by atoms with Gasteiger partial charge in [0.25, 0.3) is 11.1 Å². The lowest BCUT2D eigenvalue weighted by atomic mass is 9.45. The monoisotopic (exact) mass is 694 g/mol. The molecule has 5 rings (SSSR count). The molecule has 0 saturated heterocycles. The minimum Gasteiger partial charge on any atom is -0.449 e. The van der Waals surface area contributed by atoms with Gasteiger partial charge in [-0.1, -0.05) is 32.4 Å². The predicted molar refractivity (Wildman–Crippen MR) is 185 cm³/mol. The van der Waals surface area contributed by atoms with Gasteiger partial charge in [0, 0.05) is 61.1 Å². The molecule has 0 bridgehead atoms. The Labute approximate surface area is 291 Å². The first-order chi connectivity index (χ1) is 23.1. The average molecular weight is 695 g/mol. The number of hydrogen-bond donors (Lipinski definition) is 5. The standard InChI is InChI=1S/C36H47N5O7S/c1-6-29(44)48-36(32(46)49-33(47)41(4)5)13-12-25-24-11-10-22-15-26(40-23-9-7-8-20(14-23)31(45)39-19-28(38)43)21(18-37)16-34(22,2)30(24)27(42)17-35(25,36)3/h7-9,14-15,18,24-25,27,30,37,40,42H,6,10-13,16-17,19H2,1-5H3,(H2,38,43)(H,39,45)/p+1/t24-,25?,27-,30?,34-,35-,36-/m0/s1. The molecule has 0 spiro atoms. The van der Waals surface area contributed by atoms with Gasteiger partial charge in [-0.25, -0.2) is 0 Å². The third-order valence-electron chi connectivity index (χ3n) is 11.6. The van der Waals surface area contributed by atoms with Crippen LogP contribution in [0.1, 0.15) is 76.1 Å². The summed E-state index contributed by atoms with van der Waals surface area (Å²) in [7, 11) is 3.15. The van der Waals surface area contributed by atoms with Gasteiger partial charge in [-0.3, -0.25) is 29.3 Å². The van der Waals surface area contributed by atoms with Crippen LogP contribution in [0.3, 0.4) is 0 Å². The third kappa shape index (κ3) is 6.48. The highest BCUT2D eigenvalue weighted by Gasteiger charge is 2.71. The summed E-state index contributed by atoms with van der Waals surface area (Å²) in [5.41, 5.74) is 6.34. The quantitative estimate of drug-likeness (QED) is 0.148. The highest BCUT2D eigenvalue weighted by molar-refractivity contribution is 8.26. The summed E-state index contributed by atoms with van der Waals surface area (Å²) in [6.45, 7) is 5.54. The van der Waals surface area contributed by atoms with Gasteiger partial charge in [0.15, 0.2) is 5.60 Å². The number of quaternary nitrogens is 1. The Morgan fingerprint density at radius 3 is 2.59 bits per heavy atom. The number of esters is 1. The predicted octanol–water partition coefficient (Wildman–Crippen LogP) is 3.18. The molecule has 0 aromatic heterocycles. The Morgan fingerprint density at radius 2 is 1.94 bits per heavy atom. The minimum atomic E-state index is -1.52. The summed E-state index contributed by atoms with van der Waals surface area (Å²) in [5, 5.41) is 24.0. The van der Waals surface area contributed by atoms with Crippen LogP contribution in [-0.2, 0) is 19.1 Å². The van der Waals surface area contributed by atoms with Gasteiger partial charge in [0.05, 0.1) is 12.6 Å². The molecule has 3 fully saturated rings. The van der Waals surface area contributed by atoms with E-state index in [0.717, 1.165) is 29.8 Å². The highest BCUT2D eigenvalue weighted by Crippen LogP contribution is 2.69. The van der Waals surface area contributed by atoms with Crippen molar-refractivity contribution in [2.45, 2.75) is 77.4 Å². The van der Waals surface area contributed by atoms with E-state index in [9.17, 15) is 29.1 Å². The number of amides is 3. The van der Waals surface area contributed by atoms with E-state index in [1.807, 2.05) is 18.3 Å². The van der Waals surface area contributed by atoms with Crippen LogP contribution in [-0.4, -0.2) is 76.7 Å². The molecule has 2 unspecified atom stereocenters. The molecule has 12 nitrogen and oxygen atoms in total. The molecule has 4 aliphatic rings. The topological polar surface area (TPSA) is 197 Å². The first-order valence-corrected chi connectivity index (χ1v) is 17.7. The van der Waals surface area contributed by atoms with Crippen molar-refractivity contribution in [1.82, 2.24) is 10.2 Å². The van der Waals surface area contributed by atoms with E-state index in [-0.39, 0.29) is 37.1 Å². The Kier molecular flexibility index (Phi) is 10.3. The molecule has 49 heavy (non-hydrogen) atoms. The summed E-state index contributed by atoms with van der Waals surface area (Å²) in [6, 6.07) is 7.01. The zero-order valence-corrected chi connectivity index (χ0v) is 29.7. The summed E-state index contributed by atoms with van der Waals surface area (Å²) in [5.74, 6) is -1.68. The lowest BCUT2D eigenvalue weighted by Crippen LogP contribution is -2.76. The fourth-order valence-electron chi connectivity index (χ4n) is 9.26. The number of primary amides is 1. The number of nitrogens with two attached hydrogens (primary N) is 2. The molecule has 0 heterocycles. The summed E-state index contributed by atoms with van der Waals surface area (Å²) in [6.07, 6.45) is 6.02. The highest BCUT2D eigenvalue weighted by atomic mass is 32.2. The Balaban J connectivity index is 1.43. The van der Waals surface area contributed by atoms with Crippen molar-refractivity contribution >= 4 is 51.8 Å². The lowest BCUT2D eigenvalue weighted by molar-refractivity contribution is -0.513. The molecule has 1 aromatic rings. The van der Waals surface area contributed by atoms with Crippen molar-refractivity contribution in [1.29, 1.82) is 5.41 Å². The van der Waals surface area contributed by atoms with Gasteiger partial charge in [-0.2, -0.15) is 0 Å². The molecular weight excluding hydrogens is 646 g/mol. The number of fused-ring (bicyclic) bond motifs is 5.